The fourth-order valence-corrected chi connectivity index (χ4v) is 4.71. The third-order valence-electron chi connectivity index (χ3n) is 7.05. The molecule has 0 fully saturated rings. The van der Waals surface area contributed by atoms with Gasteiger partial charge in [0.05, 0.1) is 0 Å². The Morgan fingerprint density at radius 1 is 0.433 bits per heavy atom. The highest BCUT2D eigenvalue weighted by Crippen LogP contribution is 2.25. The zero-order valence-corrected chi connectivity index (χ0v) is 19.2. The molecule has 0 radical (unpaired) electrons. The summed E-state index contributed by atoms with van der Waals surface area (Å²) in [5, 5.41) is 6.34. The van der Waals surface area contributed by atoms with Crippen LogP contribution in [0.1, 0.15) is 0 Å². The summed E-state index contributed by atoms with van der Waals surface area (Å²) in [6, 6.07) is 19.2. The minimum atomic E-state index is 1.11. The SMILES string of the molecule is Bc1c(B)c(B)c2c(-c3ccc(Nc4ccccc4)cc3)c(B)c(B)c(B)c2c1B. The van der Waals surface area contributed by atoms with E-state index in [2.05, 4.69) is 109 Å². The maximum atomic E-state index is 3.49. The van der Waals surface area contributed by atoms with Crippen LogP contribution in [-0.2, 0) is 0 Å². The first kappa shape index (κ1) is 20.7. The molecule has 1 N–H and O–H groups in total. The van der Waals surface area contributed by atoms with Gasteiger partial charge in [-0.15, -0.1) is 16.4 Å². The van der Waals surface area contributed by atoms with E-state index in [-0.39, 0.29) is 0 Å². The van der Waals surface area contributed by atoms with Crippen molar-refractivity contribution < 1.29 is 0 Å². The first-order valence-corrected chi connectivity index (χ1v) is 10.7. The van der Waals surface area contributed by atoms with Gasteiger partial charge in [0.25, 0.3) is 0 Å². The number of hydrogen-bond acceptors (Lipinski definition) is 1. The standard InChI is InChI=1S/C22H24B7N/c23-16-13(10-6-8-12(9-7-10)30-11-4-2-1-3-5-11)14-15(18(25)20(16)27)19(26)22(29)21(28)17(14)24/h1-9,30H,23-29H2. The van der Waals surface area contributed by atoms with Gasteiger partial charge in [0.1, 0.15) is 54.9 Å². The lowest BCUT2D eigenvalue weighted by Crippen LogP contribution is -2.52. The molecule has 30 heavy (non-hydrogen) atoms. The van der Waals surface area contributed by atoms with E-state index in [1.54, 1.807) is 0 Å². The van der Waals surface area contributed by atoms with Crippen LogP contribution in [0.5, 0.6) is 0 Å². The lowest BCUT2D eigenvalue weighted by Gasteiger charge is -2.24. The molecular weight excluding hydrogens is 354 g/mol. The minimum Gasteiger partial charge on any atom is -0.356 e. The van der Waals surface area contributed by atoms with Crippen molar-refractivity contribution in [2.75, 3.05) is 5.32 Å². The van der Waals surface area contributed by atoms with Gasteiger partial charge < -0.3 is 5.32 Å². The van der Waals surface area contributed by atoms with Gasteiger partial charge in [-0.3, -0.25) is 0 Å². The Hall–Kier alpha value is -2.61. The monoisotopic (exact) mass is 379 g/mol. The normalized spacial score (nSPS) is 10.9. The topological polar surface area (TPSA) is 12.0 Å². The lowest BCUT2D eigenvalue weighted by atomic mass is 9.59. The smallest absolute Gasteiger partial charge is 0.139 e. The van der Waals surface area contributed by atoms with Gasteiger partial charge in [0.2, 0.25) is 0 Å². The van der Waals surface area contributed by atoms with Crippen LogP contribution in [0, 0.1) is 0 Å². The van der Waals surface area contributed by atoms with Gasteiger partial charge in [0, 0.05) is 11.4 Å². The van der Waals surface area contributed by atoms with Crippen LogP contribution in [0.25, 0.3) is 21.9 Å². The van der Waals surface area contributed by atoms with Gasteiger partial charge in [0.15, 0.2) is 0 Å². The predicted molar refractivity (Wildman–Crippen MR) is 156 cm³/mol. The van der Waals surface area contributed by atoms with Crippen molar-refractivity contribution >= 4 is 115 Å². The Balaban J connectivity index is 1.93. The molecule has 4 aromatic carbocycles. The minimum absolute atomic E-state index is 1.11. The van der Waals surface area contributed by atoms with Crippen molar-refractivity contribution in [3.05, 3.63) is 54.6 Å². The van der Waals surface area contributed by atoms with Crippen molar-refractivity contribution in [1.29, 1.82) is 0 Å². The molecule has 0 spiro atoms. The van der Waals surface area contributed by atoms with E-state index < -0.39 is 0 Å². The molecule has 1 nitrogen and oxygen atoms in total. The number of hydrogen-bond donors (Lipinski definition) is 1. The summed E-state index contributed by atoms with van der Waals surface area (Å²) in [4.78, 5) is 0. The van der Waals surface area contributed by atoms with E-state index in [4.69, 9.17) is 0 Å². The summed E-state index contributed by atoms with van der Waals surface area (Å²) in [6.07, 6.45) is 0. The Morgan fingerprint density at radius 2 is 0.900 bits per heavy atom. The zero-order chi connectivity index (χ0) is 21.6. The molecule has 4 aromatic rings. The molecule has 0 aromatic heterocycles. The molecule has 0 amide bonds. The summed E-state index contributed by atoms with van der Waals surface area (Å²) in [5.41, 5.74) is 14.7. The number of nitrogens with one attached hydrogen (secondary N) is 1. The molecule has 0 bridgehead atoms. The third kappa shape index (κ3) is 3.33. The van der Waals surface area contributed by atoms with Crippen molar-refractivity contribution in [2.24, 2.45) is 0 Å². The van der Waals surface area contributed by atoms with Crippen LogP contribution < -0.4 is 43.6 Å². The van der Waals surface area contributed by atoms with Crippen LogP contribution in [0.3, 0.4) is 0 Å². The number of rotatable bonds is 3. The molecule has 0 aliphatic carbocycles. The van der Waals surface area contributed by atoms with Gasteiger partial charge in [-0.25, -0.2) is 0 Å². The fraction of sp³-hybridized carbons (Fsp3) is 0. The Labute approximate surface area is 186 Å². The maximum absolute atomic E-state index is 3.49. The average molecular weight is 378 g/mol. The average Bonchev–Trinajstić information content (AvgIpc) is 2.76. The summed E-state index contributed by atoms with van der Waals surface area (Å²) < 4.78 is 0. The highest BCUT2D eigenvalue weighted by atomic mass is 14.9. The molecule has 0 atom stereocenters. The molecule has 0 heterocycles. The van der Waals surface area contributed by atoms with E-state index >= 15 is 0 Å². The number of fused-ring (bicyclic) bond motifs is 1. The molecule has 0 aliphatic heterocycles. The maximum Gasteiger partial charge on any atom is 0.139 e. The second-order valence-corrected chi connectivity index (χ2v) is 8.57. The Kier molecular flexibility index (Phi) is 5.45. The van der Waals surface area contributed by atoms with Gasteiger partial charge in [-0.2, -0.15) is 0 Å². The van der Waals surface area contributed by atoms with Crippen LogP contribution in [0.15, 0.2) is 54.6 Å². The lowest BCUT2D eigenvalue weighted by molar-refractivity contribution is 1.55. The molecule has 8 heteroatoms. The molecule has 0 aliphatic rings. The van der Waals surface area contributed by atoms with E-state index in [0.29, 0.717) is 0 Å². The summed E-state index contributed by atoms with van der Waals surface area (Å²) in [6.45, 7) is 0. The van der Waals surface area contributed by atoms with Crippen LogP contribution in [0.2, 0.25) is 0 Å². The molecule has 0 saturated heterocycles. The first-order chi connectivity index (χ1) is 14.3. The van der Waals surface area contributed by atoms with Gasteiger partial charge >= 0.3 is 0 Å². The Morgan fingerprint density at radius 3 is 1.47 bits per heavy atom. The second kappa shape index (κ2) is 7.91. The fourth-order valence-electron chi connectivity index (χ4n) is 4.71. The van der Waals surface area contributed by atoms with Crippen LogP contribution in [0.4, 0.5) is 11.4 Å². The van der Waals surface area contributed by atoms with Crippen LogP contribution in [-0.4, -0.2) is 54.9 Å². The summed E-state index contributed by atoms with van der Waals surface area (Å²) in [7, 11) is 15.9. The first-order valence-electron chi connectivity index (χ1n) is 10.7. The van der Waals surface area contributed by atoms with Gasteiger partial charge in [-0.05, 0) is 46.2 Å². The van der Waals surface area contributed by atoms with Gasteiger partial charge in [-0.1, -0.05) is 52.2 Å². The highest BCUT2D eigenvalue weighted by Gasteiger charge is 2.18. The molecular formula is C22H24B7N. The highest BCUT2D eigenvalue weighted by molar-refractivity contribution is 6.71. The predicted octanol–water partition coefficient (Wildman–Crippen LogP) is -5.94. The second-order valence-electron chi connectivity index (χ2n) is 8.57. The van der Waals surface area contributed by atoms with Crippen molar-refractivity contribution in [3.8, 4) is 11.1 Å². The number of anilines is 2. The van der Waals surface area contributed by atoms with E-state index in [1.807, 2.05) is 6.07 Å². The largest absolute Gasteiger partial charge is 0.356 e. The van der Waals surface area contributed by atoms with E-state index in [9.17, 15) is 0 Å². The molecule has 0 unspecified atom stereocenters. The summed E-state index contributed by atoms with van der Waals surface area (Å²) in [5.74, 6) is 0. The quantitative estimate of drug-likeness (QED) is 0.351. The summed E-state index contributed by atoms with van der Waals surface area (Å²) >= 11 is 0. The van der Waals surface area contributed by atoms with E-state index in [0.717, 1.165) is 11.4 Å². The third-order valence-corrected chi connectivity index (χ3v) is 7.05. The molecule has 4 rings (SSSR count). The Bertz CT molecular complexity index is 1260. The van der Waals surface area contributed by atoms with Crippen molar-refractivity contribution in [1.82, 2.24) is 0 Å². The molecule has 138 valence electrons. The molecule has 0 saturated carbocycles. The number of para-hydroxylation sites is 1. The zero-order valence-electron chi connectivity index (χ0n) is 19.2. The van der Waals surface area contributed by atoms with Crippen LogP contribution >= 0.6 is 0 Å². The van der Waals surface area contributed by atoms with E-state index in [1.165, 1.54) is 60.1 Å². The van der Waals surface area contributed by atoms with Crippen molar-refractivity contribution in [3.63, 3.8) is 0 Å². The van der Waals surface area contributed by atoms with Crippen molar-refractivity contribution in [2.45, 2.75) is 0 Å². The number of benzene rings is 4.